The standard InChI is InChI=1S/C17H18NO5P.3Na/c1-18-8-7-10-3-2-4-12-15(10)13(18)9-11-5-6-14(17(19)16(11)12)23-24(20,21)22;;;/h2-6,13,19H,7-9H2,1H3,(H2,20,21,22);;;/q;3*+1/p-3. The van der Waals surface area contributed by atoms with Gasteiger partial charge in [-0.1, -0.05) is 30.0 Å². The third-order valence-corrected chi connectivity index (χ3v) is 5.32. The van der Waals surface area contributed by atoms with Gasteiger partial charge in [0.2, 0.25) is 0 Å². The van der Waals surface area contributed by atoms with E-state index in [-0.39, 0.29) is 94.7 Å². The summed E-state index contributed by atoms with van der Waals surface area (Å²) in [5, 5.41) is 12.7. The molecular weight excluding hydrogens is 398 g/mol. The minimum absolute atomic E-state index is 0. The SMILES string of the molecule is CN1CCc2cccc3c2C1Cc1ccc(OP(=O)([O-])[O-])c([O-])c1-3.[Na+].[Na+].[Na+]. The summed E-state index contributed by atoms with van der Waals surface area (Å²) in [6, 6.07) is 9.01. The van der Waals surface area contributed by atoms with Gasteiger partial charge in [-0.05, 0) is 53.8 Å². The molecule has 0 saturated carbocycles. The Morgan fingerprint density at radius 1 is 1.11 bits per heavy atom. The van der Waals surface area contributed by atoms with Crippen molar-refractivity contribution in [2.45, 2.75) is 18.9 Å². The molecule has 1 aliphatic heterocycles. The van der Waals surface area contributed by atoms with Crippen LogP contribution in [0.3, 0.4) is 0 Å². The first-order chi connectivity index (χ1) is 11.3. The number of hydrogen-bond acceptors (Lipinski definition) is 6. The Kier molecular flexibility index (Phi) is 9.67. The third kappa shape index (κ3) is 5.08. The average molecular weight is 413 g/mol. The van der Waals surface area contributed by atoms with Crippen molar-refractivity contribution < 1.29 is 113 Å². The molecule has 27 heavy (non-hydrogen) atoms. The Hall–Kier alpha value is 1.15. The molecule has 2 aromatic carbocycles. The molecule has 0 N–H and O–H groups in total. The Morgan fingerprint density at radius 3 is 2.48 bits per heavy atom. The number of hydrogen-bond donors (Lipinski definition) is 0. The minimum Gasteiger partial charge on any atom is -0.870 e. The van der Waals surface area contributed by atoms with Gasteiger partial charge in [0, 0.05) is 12.6 Å². The maximum Gasteiger partial charge on any atom is 1.00 e. The molecule has 0 radical (unpaired) electrons. The molecule has 0 aromatic heterocycles. The average Bonchev–Trinajstić information content (AvgIpc) is 2.52. The Balaban J connectivity index is 0.00000121. The van der Waals surface area contributed by atoms with Gasteiger partial charge in [0.1, 0.15) is 13.6 Å². The normalized spacial score (nSPS) is 17.4. The minimum atomic E-state index is -5.27. The molecule has 0 amide bonds. The van der Waals surface area contributed by atoms with Gasteiger partial charge >= 0.3 is 88.7 Å². The number of benzene rings is 2. The van der Waals surface area contributed by atoms with Crippen molar-refractivity contribution in [3.63, 3.8) is 0 Å². The molecule has 0 spiro atoms. The summed E-state index contributed by atoms with van der Waals surface area (Å²) >= 11 is 0. The predicted octanol–water partition coefficient (Wildman–Crippen LogP) is -8.27. The monoisotopic (exact) mass is 413 g/mol. The first kappa shape index (κ1) is 26.2. The van der Waals surface area contributed by atoms with E-state index in [0.717, 1.165) is 29.7 Å². The van der Waals surface area contributed by atoms with Gasteiger partial charge in [0.05, 0.1) is 0 Å². The zero-order valence-electron chi connectivity index (χ0n) is 16.0. The van der Waals surface area contributed by atoms with Gasteiger partial charge in [0.15, 0.2) is 0 Å². The van der Waals surface area contributed by atoms with Crippen LogP contribution in [0.2, 0.25) is 0 Å². The molecule has 6 nitrogen and oxygen atoms in total. The van der Waals surface area contributed by atoms with E-state index in [9.17, 15) is 19.5 Å². The van der Waals surface area contributed by atoms with E-state index in [2.05, 4.69) is 22.5 Å². The van der Waals surface area contributed by atoms with Crippen molar-refractivity contribution in [2.24, 2.45) is 0 Å². The molecule has 1 heterocycles. The van der Waals surface area contributed by atoms with Crippen LogP contribution in [0.25, 0.3) is 11.1 Å². The summed E-state index contributed by atoms with van der Waals surface area (Å²) < 4.78 is 15.2. The first-order valence-corrected chi connectivity index (χ1v) is 9.18. The maximum absolute atomic E-state index is 12.7. The number of phosphoric ester groups is 1. The van der Waals surface area contributed by atoms with Gasteiger partial charge in [-0.3, -0.25) is 4.90 Å². The Bertz CT molecular complexity index is 889. The molecule has 1 unspecified atom stereocenters. The molecule has 1 aliphatic carbocycles. The van der Waals surface area contributed by atoms with E-state index in [1.54, 1.807) is 6.07 Å². The number of likely N-dealkylation sites (N-methyl/N-ethyl adjacent to an activating group) is 1. The van der Waals surface area contributed by atoms with Crippen LogP contribution in [0.1, 0.15) is 22.7 Å². The number of fused-ring (bicyclic) bond motifs is 2. The van der Waals surface area contributed by atoms with Gasteiger partial charge < -0.3 is 24.0 Å². The molecule has 0 saturated heterocycles. The predicted molar refractivity (Wildman–Crippen MR) is 82.3 cm³/mol. The van der Waals surface area contributed by atoms with E-state index in [1.165, 1.54) is 11.6 Å². The summed E-state index contributed by atoms with van der Waals surface area (Å²) in [5.74, 6) is -0.971. The van der Waals surface area contributed by atoms with Crippen LogP contribution in [-0.4, -0.2) is 18.5 Å². The zero-order chi connectivity index (χ0) is 17.1. The topological polar surface area (TPSA) is 98.7 Å². The van der Waals surface area contributed by atoms with E-state index in [4.69, 9.17) is 0 Å². The van der Waals surface area contributed by atoms with Crippen LogP contribution in [0.4, 0.5) is 0 Å². The van der Waals surface area contributed by atoms with Crippen LogP contribution in [0.5, 0.6) is 11.5 Å². The largest absolute Gasteiger partial charge is 1.00 e. The summed E-state index contributed by atoms with van der Waals surface area (Å²) in [5.41, 5.74) is 4.45. The third-order valence-electron chi connectivity index (χ3n) is 4.90. The molecule has 0 fully saturated rings. The summed E-state index contributed by atoms with van der Waals surface area (Å²) in [4.78, 5) is 24.0. The Labute approximate surface area is 224 Å². The van der Waals surface area contributed by atoms with Crippen molar-refractivity contribution in [2.75, 3.05) is 13.6 Å². The van der Waals surface area contributed by atoms with Crippen molar-refractivity contribution in [3.8, 4) is 22.6 Å². The van der Waals surface area contributed by atoms with Gasteiger partial charge in [-0.2, -0.15) is 0 Å². The van der Waals surface area contributed by atoms with Gasteiger partial charge in [0.25, 0.3) is 0 Å². The second-order valence-corrected chi connectivity index (χ2v) is 7.37. The van der Waals surface area contributed by atoms with Crippen LogP contribution in [0.15, 0.2) is 30.3 Å². The second-order valence-electron chi connectivity index (χ2n) is 6.29. The molecule has 1 atom stereocenters. The van der Waals surface area contributed by atoms with E-state index < -0.39 is 19.3 Å². The van der Waals surface area contributed by atoms with Crippen LogP contribution < -0.4 is 108 Å². The van der Waals surface area contributed by atoms with Crippen molar-refractivity contribution in [1.29, 1.82) is 0 Å². The van der Waals surface area contributed by atoms with Gasteiger partial charge in [-0.15, -0.1) is 0 Å². The maximum atomic E-state index is 12.7. The zero-order valence-corrected chi connectivity index (χ0v) is 22.9. The van der Waals surface area contributed by atoms with Crippen molar-refractivity contribution in [1.82, 2.24) is 4.90 Å². The second kappa shape index (κ2) is 9.97. The number of nitrogens with zero attached hydrogens (tertiary/aromatic N) is 1. The first-order valence-electron chi connectivity index (χ1n) is 7.72. The number of rotatable bonds is 2. The summed E-state index contributed by atoms with van der Waals surface area (Å²) in [6.45, 7) is 0.956. The quantitative estimate of drug-likeness (QED) is 0.358. The number of phosphoric acid groups is 1. The fraction of sp³-hybridized carbons (Fsp3) is 0.294. The molecule has 0 bridgehead atoms. The molecule has 2 aliphatic rings. The van der Waals surface area contributed by atoms with Crippen LogP contribution >= 0.6 is 7.82 Å². The van der Waals surface area contributed by atoms with Gasteiger partial charge in [-0.25, -0.2) is 0 Å². The Morgan fingerprint density at radius 2 is 1.81 bits per heavy atom. The summed E-state index contributed by atoms with van der Waals surface area (Å²) in [7, 11) is -3.20. The molecule has 10 heteroatoms. The van der Waals surface area contributed by atoms with E-state index >= 15 is 0 Å². The van der Waals surface area contributed by atoms with Crippen LogP contribution in [0, 0.1) is 0 Å². The molecule has 2 aromatic rings. The van der Waals surface area contributed by atoms with E-state index in [0.29, 0.717) is 12.0 Å². The fourth-order valence-corrected chi connectivity index (χ4v) is 4.23. The van der Waals surface area contributed by atoms with Crippen LogP contribution in [-0.2, 0) is 17.4 Å². The molecule has 4 rings (SSSR count). The van der Waals surface area contributed by atoms with Crippen molar-refractivity contribution in [3.05, 3.63) is 47.0 Å². The fourth-order valence-electron chi connectivity index (χ4n) is 3.84. The smallest absolute Gasteiger partial charge is 0.870 e. The van der Waals surface area contributed by atoms with Crippen molar-refractivity contribution >= 4 is 7.82 Å². The summed E-state index contributed by atoms with van der Waals surface area (Å²) in [6.07, 6.45) is 1.59. The van der Waals surface area contributed by atoms with E-state index in [1.807, 2.05) is 12.1 Å². The molecule has 126 valence electrons. The molecular formula is C17H15NNa3O5P.